The molecule has 0 atom stereocenters. The Morgan fingerprint density at radius 2 is 2.22 bits per heavy atom. The summed E-state index contributed by atoms with van der Waals surface area (Å²) in [5, 5.41) is 4.28. The third-order valence-corrected chi connectivity index (χ3v) is 4.26. The van der Waals surface area contributed by atoms with E-state index in [4.69, 9.17) is 5.73 Å². The lowest BCUT2D eigenvalue weighted by atomic mass is 10.0. The molecule has 1 amide bonds. The first-order valence-electron chi connectivity index (χ1n) is 7.93. The number of hydrogen-bond acceptors (Lipinski definition) is 5. The van der Waals surface area contributed by atoms with E-state index in [2.05, 4.69) is 26.9 Å². The number of nitrogens with two attached hydrogens (primary N) is 1. The van der Waals surface area contributed by atoms with Gasteiger partial charge in [-0.2, -0.15) is 5.10 Å². The minimum absolute atomic E-state index is 0.370. The molecule has 0 spiro atoms. The molecule has 2 N–H and O–H groups in total. The molecule has 0 saturated heterocycles. The zero-order valence-electron chi connectivity index (χ0n) is 13.8. The highest BCUT2D eigenvalue weighted by atomic mass is 16.1. The maximum absolute atomic E-state index is 11.7. The number of nitrogens with zero attached hydrogens (tertiary/aromatic N) is 5. The predicted molar refractivity (Wildman–Crippen MR) is 87.2 cm³/mol. The molecule has 1 aliphatic heterocycles. The van der Waals surface area contributed by atoms with Crippen molar-refractivity contribution < 1.29 is 4.79 Å². The van der Waals surface area contributed by atoms with Gasteiger partial charge in [-0.15, -0.1) is 0 Å². The molecule has 0 fully saturated rings. The van der Waals surface area contributed by atoms with Gasteiger partial charge in [0.15, 0.2) is 5.69 Å². The molecule has 2 aromatic rings. The van der Waals surface area contributed by atoms with Crippen LogP contribution in [-0.4, -0.2) is 32.2 Å². The van der Waals surface area contributed by atoms with Crippen LogP contribution in [0.25, 0.3) is 0 Å². The summed E-state index contributed by atoms with van der Waals surface area (Å²) in [6, 6.07) is 0. The van der Waals surface area contributed by atoms with Gasteiger partial charge < -0.3 is 10.6 Å². The molecule has 3 rings (SSSR count). The molecule has 7 nitrogen and oxygen atoms in total. The minimum Gasteiger partial charge on any atom is -0.364 e. The maximum atomic E-state index is 11.7. The summed E-state index contributed by atoms with van der Waals surface area (Å²) < 4.78 is 1.77. The van der Waals surface area contributed by atoms with Gasteiger partial charge in [0, 0.05) is 49.6 Å². The molecule has 3 heterocycles. The molecular formula is C16H22N6O. The number of fused-ring (bicyclic) bond motifs is 1. The molecule has 0 saturated carbocycles. The predicted octanol–water partition coefficient (Wildman–Crippen LogP) is 1.13. The van der Waals surface area contributed by atoms with Gasteiger partial charge in [-0.1, -0.05) is 13.3 Å². The van der Waals surface area contributed by atoms with E-state index in [1.54, 1.807) is 4.68 Å². The van der Waals surface area contributed by atoms with Crippen LogP contribution in [0.15, 0.2) is 6.20 Å². The zero-order valence-corrected chi connectivity index (χ0v) is 13.8. The van der Waals surface area contributed by atoms with Crippen LogP contribution in [0.2, 0.25) is 0 Å². The highest BCUT2D eigenvalue weighted by Crippen LogP contribution is 2.28. The molecule has 0 radical (unpaired) electrons. The molecule has 0 aromatic carbocycles. The van der Waals surface area contributed by atoms with Crippen molar-refractivity contribution in [1.29, 1.82) is 0 Å². The highest BCUT2D eigenvalue weighted by Gasteiger charge is 2.27. The van der Waals surface area contributed by atoms with E-state index < -0.39 is 5.91 Å². The number of primary amides is 1. The van der Waals surface area contributed by atoms with Gasteiger partial charge >= 0.3 is 0 Å². The number of carbonyl (C=O) groups is 1. The number of hydrogen-bond donors (Lipinski definition) is 1. The van der Waals surface area contributed by atoms with Crippen molar-refractivity contribution in [2.75, 3.05) is 11.4 Å². The third-order valence-electron chi connectivity index (χ3n) is 4.26. The van der Waals surface area contributed by atoms with Gasteiger partial charge in [0.1, 0.15) is 11.6 Å². The van der Waals surface area contributed by atoms with Crippen LogP contribution < -0.4 is 10.6 Å². The van der Waals surface area contributed by atoms with Crippen LogP contribution >= 0.6 is 0 Å². The second-order valence-electron chi connectivity index (χ2n) is 5.95. The topological polar surface area (TPSA) is 89.9 Å². The molecule has 0 aliphatic carbocycles. The van der Waals surface area contributed by atoms with Crippen molar-refractivity contribution in [1.82, 2.24) is 19.7 Å². The van der Waals surface area contributed by atoms with Gasteiger partial charge in [-0.25, -0.2) is 9.97 Å². The van der Waals surface area contributed by atoms with E-state index in [9.17, 15) is 4.79 Å². The number of rotatable bonds is 4. The quantitative estimate of drug-likeness (QED) is 0.913. The van der Waals surface area contributed by atoms with Crippen molar-refractivity contribution >= 4 is 11.7 Å². The van der Waals surface area contributed by atoms with Gasteiger partial charge in [0.25, 0.3) is 5.91 Å². The van der Waals surface area contributed by atoms with Crippen molar-refractivity contribution in [2.24, 2.45) is 12.8 Å². The third kappa shape index (κ3) is 2.78. The minimum atomic E-state index is -0.476. The van der Waals surface area contributed by atoms with Gasteiger partial charge in [0.2, 0.25) is 0 Å². The molecule has 2 aromatic heterocycles. The van der Waals surface area contributed by atoms with E-state index in [1.807, 2.05) is 20.2 Å². The molecular weight excluding hydrogens is 292 g/mol. The summed E-state index contributed by atoms with van der Waals surface area (Å²) in [6.07, 6.45) is 4.71. The molecule has 0 bridgehead atoms. The van der Waals surface area contributed by atoms with Crippen LogP contribution in [-0.2, 0) is 26.4 Å². The lowest BCUT2D eigenvalue weighted by molar-refractivity contribution is 0.0994. The second-order valence-corrected chi connectivity index (χ2v) is 5.95. The Kier molecular flexibility index (Phi) is 4.02. The van der Waals surface area contributed by atoms with Crippen molar-refractivity contribution in [3.05, 3.63) is 34.5 Å². The van der Waals surface area contributed by atoms with E-state index in [-0.39, 0.29) is 0 Å². The number of carbonyl (C=O) groups excluding carboxylic acids is 1. The van der Waals surface area contributed by atoms with Gasteiger partial charge in [0.05, 0.1) is 0 Å². The summed E-state index contributed by atoms with van der Waals surface area (Å²) >= 11 is 0. The van der Waals surface area contributed by atoms with Crippen LogP contribution in [0.3, 0.4) is 0 Å². The monoisotopic (exact) mass is 314 g/mol. The number of amides is 1. The Balaban J connectivity index is 1.99. The Labute approximate surface area is 135 Å². The molecule has 1 aliphatic rings. The summed E-state index contributed by atoms with van der Waals surface area (Å²) in [7, 11) is 1.86. The number of anilines is 1. The summed E-state index contributed by atoms with van der Waals surface area (Å²) in [4.78, 5) is 22.8. The normalized spacial score (nSPS) is 14.0. The molecule has 0 unspecified atom stereocenters. The smallest absolute Gasteiger partial charge is 0.269 e. The number of aryl methyl sites for hydroxylation is 3. The Morgan fingerprint density at radius 1 is 1.43 bits per heavy atom. The van der Waals surface area contributed by atoms with Gasteiger partial charge in [-0.05, 0) is 13.3 Å². The maximum Gasteiger partial charge on any atom is 0.269 e. The van der Waals surface area contributed by atoms with Gasteiger partial charge in [-0.3, -0.25) is 9.48 Å². The van der Waals surface area contributed by atoms with E-state index in [0.29, 0.717) is 12.2 Å². The molecule has 7 heteroatoms. The van der Waals surface area contributed by atoms with E-state index in [0.717, 1.165) is 54.3 Å². The summed E-state index contributed by atoms with van der Waals surface area (Å²) in [5.74, 6) is 1.24. The second kappa shape index (κ2) is 5.98. The van der Waals surface area contributed by atoms with Crippen molar-refractivity contribution in [3.63, 3.8) is 0 Å². The summed E-state index contributed by atoms with van der Waals surface area (Å²) in [6.45, 7) is 5.49. The van der Waals surface area contributed by atoms with Crippen LogP contribution in [0.5, 0.6) is 0 Å². The average molecular weight is 314 g/mol. The fourth-order valence-electron chi connectivity index (χ4n) is 3.17. The van der Waals surface area contributed by atoms with E-state index in [1.165, 1.54) is 0 Å². The van der Waals surface area contributed by atoms with E-state index >= 15 is 0 Å². The van der Waals surface area contributed by atoms with Crippen molar-refractivity contribution in [3.8, 4) is 0 Å². The van der Waals surface area contributed by atoms with Crippen LogP contribution in [0.1, 0.15) is 46.5 Å². The lowest BCUT2D eigenvalue weighted by Crippen LogP contribution is -2.33. The first-order chi connectivity index (χ1) is 11.0. The Hall–Kier alpha value is -2.44. The van der Waals surface area contributed by atoms with Crippen molar-refractivity contribution in [2.45, 2.75) is 39.7 Å². The highest BCUT2D eigenvalue weighted by molar-refractivity contribution is 5.92. The first kappa shape index (κ1) is 15.5. The standard InChI is InChI=1S/C16H22N6O/c1-4-5-11-8-18-10(2)19-16(11)22-7-6-13-12(9-22)14(15(17)23)20-21(13)3/h8H,4-7,9H2,1-3H3,(H2,17,23). The first-order valence-corrected chi connectivity index (χ1v) is 7.93. The Morgan fingerprint density at radius 3 is 2.91 bits per heavy atom. The SMILES string of the molecule is CCCc1cnc(C)nc1N1CCc2c(c(C(N)=O)nn2C)C1. The molecule has 122 valence electrons. The Bertz CT molecular complexity index is 751. The largest absolute Gasteiger partial charge is 0.364 e. The van der Waals surface area contributed by atoms with Crippen LogP contribution in [0, 0.1) is 6.92 Å². The fourth-order valence-corrected chi connectivity index (χ4v) is 3.17. The average Bonchev–Trinajstić information content (AvgIpc) is 2.86. The lowest BCUT2D eigenvalue weighted by Gasteiger charge is -2.30. The fraction of sp³-hybridized carbons (Fsp3) is 0.500. The number of aromatic nitrogens is 4. The molecule has 23 heavy (non-hydrogen) atoms. The van der Waals surface area contributed by atoms with Crippen LogP contribution in [0.4, 0.5) is 5.82 Å². The summed E-state index contributed by atoms with van der Waals surface area (Å²) in [5.41, 5.74) is 9.00. The zero-order chi connectivity index (χ0) is 16.6.